The quantitative estimate of drug-likeness (QED) is 0.520. The minimum Gasteiger partial charge on any atom is -0.383 e. The number of ether oxygens (including phenoxy) is 1. The zero-order chi connectivity index (χ0) is 12.8. The van der Waals surface area contributed by atoms with E-state index in [1.807, 2.05) is 0 Å². The second-order valence-corrected chi connectivity index (χ2v) is 3.31. The molecule has 0 amide bonds. The molecule has 94 valence electrons. The Balaban J connectivity index is 0.000000202. The number of rotatable bonds is 2. The van der Waals surface area contributed by atoms with Gasteiger partial charge in [-0.3, -0.25) is 10.1 Å². The summed E-state index contributed by atoms with van der Waals surface area (Å²) in [6, 6.07) is 6.52. The number of hydrogen-bond acceptors (Lipinski definition) is 6. The number of aliphatic hydroxyl groups is 2. The Kier molecular flexibility index (Phi) is 4.83. The molecular formula is C10H14N2O5. The molecule has 0 aromatic heterocycles. The summed E-state index contributed by atoms with van der Waals surface area (Å²) in [5.41, 5.74) is 0.646. The van der Waals surface area contributed by atoms with Gasteiger partial charge in [0, 0.05) is 19.5 Å². The van der Waals surface area contributed by atoms with E-state index in [0.29, 0.717) is 12.1 Å². The predicted molar refractivity (Wildman–Crippen MR) is 60.4 cm³/mol. The molecular weight excluding hydrogens is 228 g/mol. The van der Waals surface area contributed by atoms with Crippen molar-refractivity contribution >= 4 is 11.4 Å². The van der Waals surface area contributed by atoms with Gasteiger partial charge in [-0.05, 0) is 6.07 Å². The number of anilines is 1. The first-order valence-electron chi connectivity index (χ1n) is 4.97. The SMILES string of the molecule is CNc1ccccc1[N+](=O)[O-].OC1CC(O)O1. The first kappa shape index (κ1) is 13.4. The predicted octanol–water partition coefficient (Wildman–Crippen LogP) is 0.680. The minimum absolute atomic E-state index is 0.106. The molecule has 17 heavy (non-hydrogen) atoms. The van der Waals surface area contributed by atoms with Crippen molar-refractivity contribution in [2.75, 3.05) is 12.4 Å². The van der Waals surface area contributed by atoms with Crippen molar-refractivity contribution in [2.45, 2.75) is 19.0 Å². The molecule has 1 aromatic carbocycles. The fourth-order valence-electron chi connectivity index (χ4n) is 1.19. The van der Waals surface area contributed by atoms with Crippen LogP contribution in [0.4, 0.5) is 11.4 Å². The largest absolute Gasteiger partial charge is 0.383 e. The molecule has 3 N–H and O–H groups in total. The van der Waals surface area contributed by atoms with Gasteiger partial charge in [0.25, 0.3) is 5.69 Å². The lowest BCUT2D eigenvalue weighted by atomic mass is 10.3. The van der Waals surface area contributed by atoms with Crippen molar-refractivity contribution in [3.8, 4) is 0 Å². The Bertz CT molecular complexity index is 373. The highest BCUT2D eigenvalue weighted by Crippen LogP contribution is 2.21. The molecule has 0 radical (unpaired) electrons. The standard InChI is InChI=1S/C7H8N2O2.C3H6O3/c1-8-6-4-2-3-5-7(6)9(10)11;4-2-1-3(5)6-2/h2-5,8H,1H3;2-5H,1H2. The Labute approximate surface area is 97.8 Å². The van der Waals surface area contributed by atoms with Crippen molar-refractivity contribution in [1.82, 2.24) is 0 Å². The summed E-state index contributed by atoms with van der Waals surface area (Å²) in [5, 5.41) is 29.6. The third kappa shape index (κ3) is 3.99. The number of aliphatic hydroxyl groups excluding tert-OH is 2. The van der Waals surface area contributed by atoms with Crippen LogP contribution in [0.3, 0.4) is 0 Å². The van der Waals surface area contributed by atoms with E-state index in [9.17, 15) is 10.1 Å². The summed E-state index contributed by atoms with van der Waals surface area (Å²) in [6.07, 6.45) is -1.06. The highest BCUT2D eigenvalue weighted by atomic mass is 16.7. The van der Waals surface area contributed by atoms with Crippen LogP contribution in [0.25, 0.3) is 0 Å². The molecule has 7 nitrogen and oxygen atoms in total. The molecule has 0 bridgehead atoms. The summed E-state index contributed by atoms with van der Waals surface area (Å²) in [7, 11) is 1.66. The summed E-state index contributed by atoms with van der Waals surface area (Å²) < 4.78 is 4.25. The maximum absolute atomic E-state index is 10.3. The Morgan fingerprint density at radius 2 is 1.94 bits per heavy atom. The van der Waals surface area contributed by atoms with Crippen LogP contribution < -0.4 is 5.32 Å². The van der Waals surface area contributed by atoms with Gasteiger partial charge in [0.05, 0.1) is 4.92 Å². The van der Waals surface area contributed by atoms with Crippen LogP contribution in [0.15, 0.2) is 24.3 Å². The van der Waals surface area contributed by atoms with Crippen LogP contribution in [-0.2, 0) is 4.74 Å². The third-order valence-electron chi connectivity index (χ3n) is 2.09. The van der Waals surface area contributed by atoms with Gasteiger partial charge in [0.1, 0.15) is 5.69 Å². The molecule has 1 aliphatic heterocycles. The second-order valence-electron chi connectivity index (χ2n) is 3.31. The second kappa shape index (κ2) is 6.14. The number of nitro groups is 1. The third-order valence-corrected chi connectivity index (χ3v) is 2.09. The lowest BCUT2D eigenvalue weighted by molar-refractivity contribution is -0.383. The molecule has 7 heteroatoms. The number of nitrogens with one attached hydrogen (secondary N) is 1. The van der Waals surface area contributed by atoms with E-state index in [-0.39, 0.29) is 5.69 Å². The lowest BCUT2D eigenvalue weighted by Crippen LogP contribution is -2.36. The average molecular weight is 242 g/mol. The summed E-state index contributed by atoms with van der Waals surface area (Å²) >= 11 is 0. The Morgan fingerprint density at radius 1 is 1.41 bits per heavy atom. The van der Waals surface area contributed by atoms with E-state index in [2.05, 4.69) is 10.1 Å². The molecule has 1 fully saturated rings. The van der Waals surface area contributed by atoms with Crippen LogP contribution >= 0.6 is 0 Å². The normalized spacial score (nSPS) is 21.8. The van der Waals surface area contributed by atoms with Crippen molar-refractivity contribution in [2.24, 2.45) is 0 Å². The van der Waals surface area contributed by atoms with E-state index >= 15 is 0 Å². The number of nitrogens with zero attached hydrogens (tertiary/aromatic N) is 1. The van der Waals surface area contributed by atoms with Crippen LogP contribution in [-0.4, -0.2) is 34.8 Å². The van der Waals surface area contributed by atoms with Gasteiger partial charge >= 0.3 is 0 Å². The van der Waals surface area contributed by atoms with Gasteiger partial charge in [-0.25, -0.2) is 0 Å². The number of benzene rings is 1. The molecule has 0 saturated carbocycles. The smallest absolute Gasteiger partial charge is 0.292 e. The average Bonchev–Trinajstić information content (AvgIpc) is 2.28. The van der Waals surface area contributed by atoms with E-state index in [0.717, 1.165) is 0 Å². The highest BCUT2D eigenvalue weighted by Gasteiger charge is 2.24. The summed E-state index contributed by atoms with van der Waals surface area (Å²) in [4.78, 5) is 9.94. The number of hydrogen-bond donors (Lipinski definition) is 3. The molecule has 1 aromatic rings. The zero-order valence-electron chi connectivity index (χ0n) is 9.24. The van der Waals surface area contributed by atoms with Crippen molar-refractivity contribution in [3.05, 3.63) is 34.4 Å². The van der Waals surface area contributed by atoms with Gasteiger partial charge in [-0.15, -0.1) is 0 Å². The van der Waals surface area contributed by atoms with Gasteiger partial charge in [-0.1, -0.05) is 12.1 Å². The van der Waals surface area contributed by atoms with E-state index in [1.54, 1.807) is 25.2 Å². The summed E-state index contributed by atoms with van der Waals surface area (Å²) in [6.45, 7) is 0. The first-order valence-corrected chi connectivity index (χ1v) is 4.97. The molecule has 2 atom stereocenters. The molecule has 2 unspecified atom stereocenters. The Hall–Kier alpha value is -1.70. The molecule has 1 aliphatic rings. The number of nitro benzene ring substituents is 1. The van der Waals surface area contributed by atoms with Crippen LogP contribution in [0.1, 0.15) is 6.42 Å². The van der Waals surface area contributed by atoms with Crippen molar-refractivity contribution < 1.29 is 19.9 Å². The van der Waals surface area contributed by atoms with E-state index < -0.39 is 17.5 Å². The fourth-order valence-corrected chi connectivity index (χ4v) is 1.19. The van der Waals surface area contributed by atoms with Crippen LogP contribution in [0.2, 0.25) is 0 Å². The van der Waals surface area contributed by atoms with E-state index in [1.165, 1.54) is 6.07 Å². The van der Waals surface area contributed by atoms with E-state index in [4.69, 9.17) is 10.2 Å². The Morgan fingerprint density at radius 3 is 2.24 bits per heavy atom. The van der Waals surface area contributed by atoms with Gasteiger partial charge < -0.3 is 20.3 Å². The molecule has 1 heterocycles. The first-order chi connectivity index (χ1) is 8.04. The van der Waals surface area contributed by atoms with Gasteiger partial charge in [-0.2, -0.15) is 0 Å². The lowest BCUT2D eigenvalue weighted by Gasteiger charge is -2.26. The van der Waals surface area contributed by atoms with Crippen molar-refractivity contribution in [1.29, 1.82) is 0 Å². The van der Waals surface area contributed by atoms with Gasteiger partial charge in [0.15, 0.2) is 12.6 Å². The number of para-hydroxylation sites is 2. The monoisotopic (exact) mass is 242 g/mol. The molecule has 2 rings (SSSR count). The fraction of sp³-hybridized carbons (Fsp3) is 0.400. The maximum atomic E-state index is 10.3. The molecule has 1 saturated heterocycles. The highest BCUT2D eigenvalue weighted by molar-refractivity contribution is 5.60. The maximum Gasteiger partial charge on any atom is 0.292 e. The van der Waals surface area contributed by atoms with Crippen LogP contribution in [0, 0.1) is 10.1 Å². The molecule has 0 spiro atoms. The molecule has 0 aliphatic carbocycles. The minimum atomic E-state index is -0.708. The topological polar surface area (TPSA) is 105 Å². The van der Waals surface area contributed by atoms with Crippen LogP contribution in [0.5, 0.6) is 0 Å². The summed E-state index contributed by atoms with van der Waals surface area (Å²) in [5.74, 6) is 0. The van der Waals surface area contributed by atoms with Gasteiger partial charge in [0.2, 0.25) is 0 Å². The zero-order valence-corrected chi connectivity index (χ0v) is 9.24. The van der Waals surface area contributed by atoms with Crippen molar-refractivity contribution in [3.63, 3.8) is 0 Å².